The first-order chi connectivity index (χ1) is 22.5. The van der Waals surface area contributed by atoms with Crippen LogP contribution in [0.5, 0.6) is 5.75 Å². The molecule has 0 bridgehead atoms. The molecule has 11 nitrogen and oxygen atoms in total. The number of rotatable bonds is 8. The van der Waals surface area contributed by atoms with Crippen molar-refractivity contribution in [3.8, 4) is 16.5 Å². The predicted molar refractivity (Wildman–Crippen MR) is 175 cm³/mol. The molecule has 6 rings (SSSR count). The number of thiazole rings is 1. The quantitative estimate of drug-likeness (QED) is 0.231. The number of hydrogen-bond donors (Lipinski definition) is 0. The molecule has 47 heavy (non-hydrogen) atoms. The number of benzene rings is 2. The number of piperazine rings is 1. The molecule has 0 spiro atoms. The van der Waals surface area contributed by atoms with Crippen molar-refractivity contribution in [1.29, 1.82) is 0 Å². The first-order valence-corrected chi connectivity index (χ1v) is 16.1. The summed E-state index contributed by atoms with van der Waals surface area (Å²) in [5.74, 6) is -0.145. The second kappa shape index (κ2) is 13.4. The Balaban J connectivity index is 1.26. The number of ether oxygens (including phenoxy) is 2. The highest BCUT2D eigenvalue weighted by atomic mass is 32.1. The molecule has 1 aliphatic rings. The van der Waals surface area contributed by atoms with E-state index in [0.717, 1.165) is 16.0 Å². The Labute approximate surface area is 274 Å². The van der Waals surface area contributed by atoms with Crippen LogP contribution in [0.25, 0.3) is 16.5 Å². The van der Waals surface area contributed by atoms with Crippen LogP contribution >= 0.6 is 11.3 Å². The van der Waals surface area contributed by atoms with Crippen molar-refractivity contribution in [2.24, 2.45) is 0 Å². The van der Waals surface area contributed by atoms with Crippen molar-refractivity contribution >= 4 is 29.1 Å². The second-order valence-corrected chi connectivity index (χ2v) is 13.4. The summed E-state index contributed by atoms with van der Waals surface area (Å²) in [6.07, 6.45) is 5.06. The molecular formula is C34H35FN6O5S. The third kappa shape index (κ3) is 7.51. The Bertz CT molecular complexity index is 1940. The van der Waals surface area contributed by atoms with Gasteiger partial charge in [-0.25, -0.2) is 23.6 Å². The summed E-state index contributed by atoms with van der Waals surface area (Å²) in [5.41, 5.74) is 1.06. The van der Waals surface area contributed by atoms with E-state index in [2.05, 4.69) is 4.98 Å². The molecule has 4 heterocycles. The predicted octanol–water partition coefficient (Wildman–Crippen LogP) is 5.01. The number of fused-ring (bicyclic) bond motifs is 1. The molecule has 1 fully saturated rings. The second-order valence-electron chi connectivity index (χ2n) is 12.2. The zero-order valence-electron chi connectivity index (χ0n) is 26.4. The maximum atomic E-state index is 13.9. The first kappa shape index (κ1) is 31.9. The molecule has 0 N–H and O–H groups in total. The van der Waals surface area contributed by atoms with Gasteiger partial charge in [0.05, 0.1) is 0 Å². The molecule has 244 valence electrons. The van der Waals surface area contributed by atoms with Crippen LogP contribution in [0.2, 0.25) is 0 Å². The van der Waals surface area contributed by atoms with E-state index in [1.54, 1.807) is 45.1 Å². The third-order valence-electron chi connectivity index (χ3n) is 7.57. The molecule has 0 atom stereocenters. The molecule has 0 radical (unpaired) electrons. The molecule has 13 heteroatoms. The number of aromatic nitrogens is 4. The summed E-state index contributed by atoms with van der Waals surface area (Å²) in [4.78, 5) is 53.3. The van der Waals surface area contributed by atoms with Crippen molar-refractivity contribution in [2.75, 3.05) is 26.2 Å². The highest BCUT2D eigenvalue weighted by Gasteiger charge is 2.28. The standard InChI is InChI=1S/C34H35FN6O5S/c1-34(2,3)46-33(44)39-15-13-38(14-16-39)27(42)21-40-17-18-41-31(43)29(45-22-24-7-5-4-6-8-24)28(37-32(40)41)30-36-20-26(47-30)19-23-9-11-25(35)12-10-23/h4-12,17-18,20H,13-16,19,21-22H2,1-3H3. The molecule has 1 saturated heterocycles. The number of amides is 2. The monoisotopic (exact) mass is 658 g/mol. The summed E-state index contributed by atoms with van der Waals surface area (Å²) < 4.78 is 28.0. The third-order valence-corrected chi connectivity index (χ3v) is 8.58. The lowest BCUT2D eigenvalue weighted by atomic mass is 10.1. The van der Waals surface area contributed by atoms with Crippen LogP contribution in [0, 0.1) is 5.82 Å². The van der Waals surface area contributed by atoms with Crippen molar-refractivity contribution in [2.45, 2.75) is 45.9 Å². The Hall–Kier alpha value is -5.04. The zero-order chi connectivity index (χ0) is 33.1. The van der Waals surface area contributed by atoms with Gasteiger partial charge in [-0.15, -0.1) is 11.3 Å². The summed E-state index contributed by atoms with van der Waals surface area (Å²) in [7, 11) is 0. The summed E-state index contributed by atoms with van der Waals surface area (Å²) >= 11 is 1.37. The van der Waals surface area contributed by atoms with E-state index in [-0.39, 0.29) is 42.1 Å². The number of hydrogen-bond acceptors (Lipinski definition) is 8. The smallest absolute Gasteiger partial charge is 0.410 e. The zero-order valence-corrected chi connectivity index (χ0v) is 27.2. The number of carbonyl (C=O) groups excluding carboxylic acids is 2. The minimum Gasteiger partial charge on any atom is -0.481 e. The van der Waals surface area contributed by atoms with Crippen LogP contribution in [0.15, 0.2) is 78.0 Å². The number of carbonyl (C=O) groups is 2. The maximum absolute atomic E-state index is 13.9. The van der Waals surface area contributed by atoms with Crippen molar-refractivity contribution in [3.05, 3.63) is 105 Å². The lowest BCUT2D eigenvalue weighted by molar-refractivity contribution is -0.133. The molecule has 2 aromatic carbocycles. The average Bonchev–Trinajstić information content (AvgIpc) is 3.68. The van der Waals surface area contributed by atoms with Crippen LogP contribution in [-0.4, -0.2) is 72.5 Å². The van der Waals surface area contributed by atoms with Crippen molar-refractivity contribution in [1.82, 2.24) is 28.7 Å². The Morgan fingerprint density at radius 1 is 0.936 bits per heavy atom. The summed E-state index contributed by atoms with van der Waals surface area (Å²) in [6, 6.07) is 15.8. The van der Waals surface area contributed by atoms with E-state index in [4.69, 9.17) is 14.5 Å². The van der Waals surface area contributed by atoms with Crippen LogP contribution in [0.3, 0.4) is 0 Å². The Morgan fingerprint density at radius 2 is 1.64 bits per heavy atom. The van der Waals surface area contributed by atoms with Crippen molar-refractivity contribution < 1.29 is 23.5 Å². The van der Waals surface area contributed by atoms with Gasteiger partial charge in [0.25, 0.3) is 0 Å². The van der Waals surface area contributed by atoms with Gasteiger partial charge >= 0.3 is 11.7 Å². The first-order valence-electron chi connectivity index (χ1n) is 15.3. The van der Waals surface area contributed by atoms with E-state index in [0.29, 0.717) is 37.6 Å². The molecule has 1 aliphatic heterocycles. The van der Waals surface area contributed by atoms with Gasteiger partial charge in [0.2, 0.25) is 17.4 Å². The SMILES string of the molecule is CC(C)(C)OC(=O)N1CCN(C(=O)Cn2ccn3c(=O)c(OCc4ccccc4)c(-c4ncc(Cc5ccc(F)cc5)s4)nc23)CC1. The largest absolute Gasteiger partial charge is 0.481 e. The Kier molecular flexibility index (Phi) is 9.08. The van der Waals surface area contributed by atoms with Gasteiger partial charge in [-0.05, 0) is 44.0 Å². The molecule has 0 aliphatic carbocycles. The normalized spacial score (nSPS) is 13.6. The van der Waals surface area contributed by atoms with E-state index in [9.17, 15) is 18.8 Å². The average molecular weight is 659 g/mol. The van der Waals surface area contributed by atoms with Gasteiger partial charge in [0.1, 0.15) is 29.6 Å². The van der Waals surface area contributed by atoms with Crippen LogP contribution in [0.1, 0.15) is 36.8 Å². The van der Waals surface area contributed by atoms with Crippen LogP contribution in [-0.2, 0) is 29.1 Å². The van der Waals surface area contributed by atoms with E-state index in [1.807, 2.05) is 51.1 Å². The van der Waals surface area contributed by atoms with Crippen molar-refractivity contribution in [3.63, 3.8) is 0 Å². The molecule has 0 saturated carbocycles. The highest BCUT2D eigenvalue weighted by molar-refractivity contribution is 7.15. The topological polar surface area (TPSA) is 111 Å². The van der Waals surface area contributed by atoms with E-state index < -0.39 is 17.3 Å². The molecule has 3 aromatic heterocycles. The summed E-state index contributed by atoms with van der Waals surface area (Å²) in [6.45, 7) is 7.01. The molecular weight excluding hydrogens is 623 g/mol. The fraction of sp³-hybridized carbons (Fsp3) is 0.324. The summed E-state index contributed by atoms with van der Waals surface area (Å²) in [5, 5.41) is 0.488. The van der Waals surface area contributed by atoms with Gasteiger partial charge in [-0.1, -0.05) is 42.5 Å². The fourth-order valence-electron chi connectivity index (χ4n) is 5.20. The lowest BCUT2D eigenvalue weighted by Crippen LogP contribution is -2.52. The highest BCUT2D eigenvalue weighted by Crippen LogP contribution is 2.31. The Morgan fingerprint density at radius 3 is 2.34 bits per heavy atom. The number of halogens is 1. The van der Waals surface area contributed by atoms with Gasteiger partial charge in [-0.3, -0.25) is 9.59 Å². The van der Waals surface area contributed by atoms with E-state index >= 15 is 0 Å². The van der Waals surface area contributed by atoms with E-state index in [1.165, 1.54) is 27.9 Å². The maximum Gasteiger partial charge on any atom is 0.410 e. The minimum atomic E-state index is -0.599. The van der Waals surface area contributed by atoms with Gasteiger partial charge in [0.15, 0.2) is 5.69 Å². The lowest BCUT2D eigenvalue weighted by Gasteiger charge is -2.35. The van der Waals surface area contributed by atoms with Crippen LogP contribution < -0.4 is 10.3 Å². The van der Waals surface area contributed by atoms with Gasteiger partial charge in [0, 0.05) is 56.1 Å². The van der Waals surface area contributed by atoms with Gasteiger partial charge < -0.3 is 23.8 Å². The van der Waals surface area contributed by atoms with Crippen LogP contribution in [0.4, 0.5) is 9.18 Å². The van der Waals surface area contributed by atoms with Gasteiger partial charge in [-0.2, -0.15) is 0 Å². The fourth-order valence-corrected chi connectivity index (χ4v) is 6.13. The molecule has 2 amide bonds. The molecule has 0 unspecified atom stereocenters. The molecule has 5 aromatic rings. The minimum absolute atomic E-state index is 0.0489. The number of imidazole rings is 1. The number of nitrogens with zero attached hydrogens (tertiary/aromatic N) is 6.